The van der Waals surface area contributed by atoms with Crippen molar-refractivity contribution in [2.24, 2.45) is 11.3 Å². The lowest BCUT2D eigenvalue weighted by Gasteiger charge is -2.44. The van der Waals surface area contributed by atoms with E-state index in [9.17, 15) is 0 Å². The van der Waals surface area contributed by atoms with Crippen LogP contribution >= 0.6 is 12.6 Å². The Kier molecular flexibility index (Phi) is 4.60. The van der Waals surface area contributed by atoms with Gasteiger partial charge in [-0.3, -0.25) is 0 Å². The first-order chi connectivity index (χ1) is 7.78. The predicted molar refractivity (Wildman–Crippen MR) is 74.2 cm³/mol. The minimum Gasteiger partial charge on any atom is -0.303 e. The Morgan fingerprint density at radius 1 is 1.19 bits per heavy atom. The van der Waals surface area contributed by atoms with Gasteiger partial charge in [-0.2, -0.15) is 12.6 Å². The molecule has 0 spiro atoms. The molecular formula is C14H27NS. The molecule has 0 amide bonds. The molecule has 1 heterocycles. The molecule has 0 radical (unpaired) electrons. The van der Waals surface area contributed by atoms with E-state index in [0.717, 1.165) is 11.7 Å². The molecule has 16 heavy (non-hydrogen) atoms. The number of rotatable bonds is 4. The zero-order valence-electron chi connectivity index (χ0n) is 10.7. The second-order valence-electron chi connectivity index (χ2n) is 5.99. The van der Waals surface area contributed by atoms with Crippen LogP contribution in [0.1, 0.15) is 51.9 Å². The predicted octanol–water partition coefficient (Wildman–Crippen LogP) is 3.60. The summed E-state index contributed by atoms with van der Waals surface area (Å²) in [5.74, 6) is 2.10. The highest BCUT2D eigenvalue weighted by Crippen LogP contribution is 2.42. The van der Waals surface area contributed by atoms with E-state index in [-0.39, 0.29) is 0 Å². The zero-order valence-corrected chi connectivity index (χ0v) is 11.6. The molecule has 1 aliphatic heterocycles. The quantitative estimate of drug-likeness (QED) is 0.736. The van der Waals surface area contributed by atoms with E-state index in [1.165, 1.54) is 64.6 Å². The van der Waals surface area contributed by atoms with Crippen molar-refractivity contribution >= 4 is 12.6 Å². The molecule has 0 aromatic carbocycles. The fraction of sp³-hybridized carbons (Fsp3) is 1.00. The van der Waals surface area contributed by atoms with Gasteiger partial charge in [-0.15, -0.1) is 0 Å². The van der Waals surface area contributed by atoms with Crippen LogP contribution in [0, 0.1) is 11.3 Å². The van der Waals surface area contributed by atoms with Gasteiger partial charge in [-0.1, -0.05) is 19.8 Å². The molecule has 0 aromatic heterocycles. The summed E-state index contributed by atoms with van der Waals surface area (Å²) in [4.78, 5) is 2.73. The highest BCUT2D eigenvalue weighted by atomic mass is 32.1. The molecule has 0 aromatic rings. The maximum atomic E-state index is 4.57. The van der Waals surface area contributed by atoms with Gasteiger partial charge in [0.25, 0.3) is 0 Å². The SMILES string of the molecule is CCC1CCCN(CC2(CS)CCC2)CC1. The number of hydrogen-bond acceptors (Lipinski definition) is 2. The largest absolute Gasteiger partial charge is 0.303 e. The van der Waals surface area contributed by atoms with Crippen LogP contribution in [0.15, 0.2) is 0 Å². The average molecular weight is 241 g/mol. The number of thiol groups is 1. The molecule has 94 valence electrons. The van der Waals surface area contributed by atoms with E-state index in [0.29, 0.717) is 5.41 Å². The topological polar surface area (TPSA) is 3.24 Å². The summed E-state index contributed by atoms with van der Waals surface area (Å²) >= 11 is 4.57. The van der Waals surface area contributed by atoms with E-state index >= 15 is 0 Å². The lowest BCUT2D eigenvalue weighted by molar-refractivity contribution is 0.0917. The van der Waals surface area contributed by atoms with Crippen molar-refractivity contribution in [3.63, 3.8) is 0 Å². The van der Waals surface area contributed by atoms with Crippen LogP contribution in [0.25, 0.3) is 0 Å². The average Bonchev–Trinajstić information content (AvgIpc) is 2.48. The highest BCUT2D eigenvalue weighted by molar-refractivity contribution is 7.80. The number of likely N-dealkylation sites (tertiary alicyclic amines) is 1. The van der Waals surface area contributed by atoms with E-state index in [4.69, 9.17) is 0 Å². The maximum absolute atomic E-state index is 4.57. The molecule has 1 aliphatic carbocycles. The van der Waals surface area contributed by atoms with Crippen LogP contribution in [-0.2, 0) is 0 Å². The van der Waals surface area contributed by atoms with Gasteiger partial charge in [0.2, 0.25) is 0 Å². The van der Waals surface area contributed by atoms with E-state index in [1.807, 2.05) is 0 Å². The molecule has 1 saturated carbocycles. The minimum atomic E-state index is 0.592. The molecule has 1 saturated heterocycles. The molecule has 0 N–H and O–H groups in total. The fourth-order valence-electron chi connectivity index (χ4n) is 3.31. The third-order valence-corrected chi connectivity index (χ3v) is 5.50. The molecule has 2 heteroatoms. The highest BCUT2D eigenvalue weighted by Gasteiger charge is 2.37. The van der Waals surface area contributed by atoms with Crippen LogP contribution in [0.2, 0.25) is 0 Å². The third-order valence-electron chi connectivity index (χ3n) is 4.83. The first-order valence-electron chi connectivity index (χ1n) is 7.11. The minimum absolute atomic E-state index is 0.592. The maximum Gasteiger partial charge on any atom is 0.00458 e. The molecule has 2 aliphatic rings. The van der Waals surface area contributed by atoms with Gasteiger partial charge >= 0.3 is 0 Å². The first-order valence-corrected chi connectivity index (χ1v) is 7.74. The summed E-state index contributed by atoms with van der Waals surface area (Å²) in [7, 11) is 0. The lowest BCUT2D eigenvalue weighted by atomic mass is 9.70. The molecule has 1 nitrogen and oxygen atoms in total. The first kappa shape index (κ1) is 12.8. The Balaban J connectivity index is 1.81. The van der Waals surface area contributed by atoms with Crippen molar-refractivity contribution in [1.29, 1.82) is 0 Å². The Morgan fingerprint density at radius 2 is 2.00 bits per heavy atom. The zero-order chi connectivity index (χ0) is 11.4. The molecule has 1 atom stereocenters. The lowest BCUT2D eigenvalue weighted by Crippen LogP contribution is -2.44. The van der Waals surface area contributed by atoms with Crippen LogP contribution in [0.5, 0.6) is 0 Å². The van der Waals surface area contributed by atoms with Gasteiger partial charge in [0.05, 0.1) is 0 Å². The van der Waals surface area contributed by atoms with E-state index < -0.39 is 0 Å². The van der Waals surface area contributed by atoms with Crippen molar-refractivity contribution < 1.29 is 0 Å². The van der Waals surface area contributed by atoms with Gasteiger partial charge in [-0.05, 0) is 62.3 Å². The second kappa shape index (κ2) is 5.77. The Bertz CT molecular complexity index is 207. The molecule has 2 fully saturated rings. The number of nitrogens with zero attached hydrogens (tertiary/aromatic N) is 1. The molecule has 2 rings (SSSR count). The summed E-state index contributed by atoms with van der Waals surface area (Å²) in [6.45, 7) is 6.36. The van der Waals surface area contributed by atoms with Gasteiger partial charge in [-0.25, -0.2) is 0 Å². The molecule has 0 bridgehead atoms. The van der Waals surface area contributed by atoms with E-state index in [2.05, 4.69) is 24.5 Å². The number of hydrogen-bond donors (Lipinski definition) is 1. The summed E-state index contributed by atoms with van der Waals surface area (Å²) in [6, 6.07) is 0. The Labute approximate surface area is 106 Å². The van der Waals surface area contributed by atoms with Crippen molar-refractivity contribution in [2.75, 3.05) is 25.4 Å². The fourth-order valence-corrected chi connectivity index (χ4v) is 3.72. The standard InChI is InChI=1S/C14H27NS/c1-2-13-5-3-9-15(10-6-13)11-14(12-16)7-4-8-14/h13,16H,2-12H2,1H3. The third kappa shape index (κ3) is 2.95. The monoisotopic (exact) mass is 241 g/mol. The van der Waals surface area contributed by atoms with Gasteiger partial charge in [0.1, 0.15) is 0 Å². The van der Waals surface area contributed by atoms with Gasteiger partial charge < -0.3 is 4.90 Å². The van der Waals surface area contributed by atoms with Crippen molar-refractivity contribution in [1.82, 2.24) is 4.90 Å². The summed E-state index contributed by atoms with van der Waals surface area (Å²) in [5, 5.41) is 0. The smallest absolute Gasteiger partial charge is 0.00458 e. The molecule has 1 unspecified atom stereocenters. The summed E-state index contributed by atoms with van der Waals surface area (Å²) in [6.07, 6.45) is 9.97. The summed E-state index contributed by atoms with van der Waals surface area (Å²) in [5.41, 5.74) is 0.592. The molecular weight excluding hydrogens is 214 g/mol. The van der Waals surface area contributed by atoms with Crippen LogP contribution < -0.4 is 0 Å². The second-order valence-corrected chi connectivity index (χ2v) is 6.31. The van der Waals surface area contributed by atoms with Gasteiger partial charge in [0, 0.05) is 6.54 Å². The summed E-state index contributed by atoms with van der Waals surface area (Å²) < 4.78 is 0. The Morgan fingerprint density at radius 3 is 2.56 bits per heavy atom. The van der Waals surface area contributed by atoms with Gasteiger partial charge in [0.15, 0.2) is 0 Å². The Hall–Kier alpha value is 0.310. The van der Waals surface area contributed by atoms with E-state index in [1.54, 1.807) is 0 Å². The van der Waals surface area contributed by atoms with Crippen molar-refractivity contribution in [3.05, 3.63) is 0 Å². The van der Waals surface area contributed by atoms with Crippen LogP contribution in [0.4, 0.5) is 0 Å². The van der Waals surface area contributed by atoms with Crippen LogP contribution in [-0.4, -0.2) is 30.3 Å². The van der Waals surface area contributed by atoms with Crippen molar-refractivity contribution in [3.8, 4) is 0 Å². The normalized spacial score (nSPS) is 30.8. The van der Waals surface area contributed by atoms with Crippen LogP contribution in [0.3, 0.4) is 0 Å². The van der Waals surface area contributed by atoms with Crippen molar-refractivity contribution in [2.45, 2.75) is 51.9 Å².